The first-order valence-electron chi connectivity index (χ1n) is 5.32. The van der Waals surface area contributed by atoms with Crippen LogP contribution in [-0.4, -0.2) is 22.9 Å². The first-order chi connectivity index (χ1) is 7.66. The van der Waals surface area contributed by atoms with Crippen LogP contribution in [0.1, 0.15) is 12.8 Å². The largest absolute Gasteiger partial charge is 0.370 e. The summed E-state index contributed by atoms with van der Waals surface area (Å²) in [5.74, 6) is 0. The molecule has 0 unspecified atom stereocenters. The van der Waals surface area contributed by atoms with Crippen LogP contribution in [0.3, 0.4) is 0 Å². The van der Waals surface area contributed by atoms with Crippen molar-refractivity contribution >= 4 is 17.3 Å². The maximum atomic E-state index is 11.7. The van der Waals surface area contributed by atoms with Gasteiger partial charge in [0.1, 0.15) is 0 Å². The molecule has 86 valence electrons. The van der Waals surface area contributed by atoms with Crippen molar-refractivity contribution in [3.05, 3.63) is 34.2 Å². The number of nitrogens with zero attached hydrogens (tertiary/aromatic N) is 3. The lowest BCUT2D eigenvalue weighted by atomic mass is 10.4. The molecule has 0 saturated carbocycles. The second-order valence-electron chi connectivity index (χ2n) is 3.92. The van der Waals surface area contributed by atoms with Crippen molar-refractivity contribution < 1.29 is 0 Å². The van der Waals surface area contributed by atoms with Crippen molar-refractivity contribution in [3.63, 3.8) is 0 Å². The van der Waals surface area contributed by atoms with Gasteiger partial charge in [0, 0.05) is 24.2 Å². The molecule has 2 rings (SSSR count). The zero-order chi connectivity index (χ0) is 11.5. The molecule has 0 aliphatic carbocycles. The van der Waals surface area contributed by atoms with Crippen LogP contribution in [-0.2, 0) is 6.54 Å². The van der Waals surface area contributed by atoms with E-state index in [1.807, 2.05) is 0 Å². The lowest BCUT2D eigenvalue weighted by molar-refractivity contribution is 0.644. The van der Waals surface area contributed by atoms with Gasteiger partial charge in [0.05, 0.1) is 18.4 Å². The van der Waals surface area contributed by atoms with E-state index in [9.17, 15) is 4.79 Å². The minimum atomic E-state index is -0.133. The molecule has 1 aromatic heterocycles. The van der Waals surface area contributed by atoms with Gasteiger partial charge >= 0.3 is 0 Å². The number of hydrogen-bond acceptors (Lipinski definition) is 3. The van der Waals surface area contributed by atoms with Crippen molar-refractivity contribution in [3.8, 4) is 0 Å². The van der Waals surface area contributed by atoms with Crippen LogP contribution in [0.4, 0.5) is 5.69 Å². The molecular formula is C11H14ClN3O. The monoisotopic (exact) mass is 239 g/mol. The van der Waals surface area contributed by atoms with Gasteiger partial charge in [0.15, 0.2) is 0 Å². The predicted octanol–water partition coefficient (Wildman–Crippen LogP) is 1.60. The molecular weight excluding hydrogens is 226 g/mol. The van der Waals surface area contributed by atoms with Gasteiger partial charge in [-0.1, -0.05) is 18.2 Å². The highest BCUT2D eigenvalue weighted by Gasteiger charge is 2.13. The third-order valence-electron chi connectivity index (χ3n) is 2.65. The summed E-state index contributed by atoms with van der Waals surface area (Å²) in [5.41, 5.74) is 0.769. The quantitative estimate of drug-likeness (QED) is 0.804. The van der Waals surface area contributed by atoms with Crippen molar-refractivity contribution in [2.24, 2.45) is 0 Å². The Kier molecular flexibility index (Phi) is 3.29. The molecule has 4 nitrogen and oxygen atoms in total. The second kappa shape index (κ2) is 4.70. The minimum absolute atomic E-state index is 0.133. The molecule has 0 amide bonds. The Bertz CT molecular complexity index is 449. The fourth-order valence-electron chi connectivity index (χ4n) is 1.85. The summed E-state index contributed by atoms with van der Waals surface area (Å²) in [6.07, 6.45) is 4.08. The molecule has 0 N–H and O–H groups in total. The summed E-state index contributed by atoms with van der Waals surface area (Å²) in [6.45, 7) is 5.83. The predicted molar refractivity (Wildman–Crippen MR) is 64.9 cm³/mol. The van der Waals surface area contributed by atoms with Crippen LogP contribution < -0.4 is 10.5 Å². The Balaban J connectivity index is 2.21. The molecule has 0 atom stereocenters. The number of allylic oxidation sites excluding steroid dienone is 1. The number of hydrogen-bond donors (Lipinski definition) is 0. The Morgan fingerprint density at radius 1 is 1.50 bits per heavy atom. The normalized spacial score (nSPS) is 15.4. The Hall–Kier alpha value is -1.29. The van der Waals surface area contributed by atoms with Gasteiger partial charge in [0.25, 0.3) is 5.56 Å². The molecule has 0 spiro atoms. The van der Waals surface area contributed by atoms with E-state index in [0.717, 1.165) is 18.8 Å². The van der Waals surface area contributed by atoms with E-state index >= 15 is 0 Å². The number of rotatable bonds is 3. The van der Waals surface area contributed by atoms with E-state index in [-0.39, 0.29) is 12.1 Å². The summed E-state index contributed by atoms with van der Waals surface area (Å²) in [6, 6.07) is 1.61. The van der Waals surface area contributed by atoms with E-state index in [0.29, 0.717) is 5.03 Å². The molecule has 5 heteroatoms. The van der Waals surface area contributed by atoms with Crippen molar-refractivity contribution in [2.45, 2.75) is 19.4 Å². The van der Waals surface area contributed by atoms with Crippen LogP contribution in [0.15, 0.2) is 28.7 Å². The molecule has 1 saturated heterocycles. The van der Waals surface area contributed by atoms with Crippen LogP contribution >= 0.6 is 11.6 Å². The summed E-state index contributed by atoms with van der Waals surface area (Å²) in [5, 5.41) is 4.49. The maximum Gasteiger partial charge on any atom is 0.269 e. The highest BCUT2D eigenvalue weighted by molar-refractivity contribution is 6.29. The molecule has 0 aromatic carbocycles. The molecule has 1 aliphatic heterocycles. The summed E-state index contributed by atoms with van der Waals surface area (Å²) in [4.78, 5) is 13.9. The molecule has 1 fully saturated rings. The lowest BCUT2D eigenvalue weighted by Gasteiger charge is -2.16. The Morgan fingerprint density at radius 3 is 2.75 bits per heavy atom. The Labute approximate surface area is 99.1 Å². The van der Waals surface area contributed by atoms with Crippen LogP contribution in [0, 0.1) is 0 Å². The van der Waals surface area contributed by atoms with E-state index in [2.05, 4.69) is 16.6 Å². The van der Waals surface area contributed by atoms with Gasteiger partial charge in [-0.15, -0.1) is 0 Å². The van der Waals surface area contributed by atoms with Gasteiger partial charge in [0.2, 0.25) is 0 Å². The van der Waals surface area contributed by atoms with Crippen molar-refractivity contribution in [1.82, 2.24) is 9.78 Å². The maximum absolute atomic E-state index is 11.7. The van der Waals surface area contributed by atoms with Gasteiger partial charge in [-0.25, -0.2) is 4.68 Å². The summed E-state index contributed by atoms with van der Waals surface area (Å²) >= 11 is 5.65. The van der Waals surface area contributed by atoms with E-state index in [1.54, 1.807) is 12.3 Å². The third-order valence-corrected chi connectivity index (χ3v) is 2.77. The zero-order valence-corrected chi connectivity index (χ0v) is 9.78. The smallest absolute Gasteiger partial charge is 0.269 e. The number of halogens is 1. The second-order valence-corrected chi connectivity index (χ2v) is 4.46. The van der Waals surface area contributed by atoms with Crippen LogP contribution in [0.2, 0.25) is 0 Å². The van der Waals surface area contributed by atoms with Crippen molar-refractivity contribution in [2.75, 3.05) is 18.0 Å². The summed E-state index contributed by atoms with van der Waals surface area (Å²) < 4.78 is 1.31. The van der Waals surface area contributed by atoms with Crippen LogP contribution in [0.5, 0.6) is 0 Å². The molecule has 16 heavy (non-hydrogen) atoms. The molecule has 0 bridgehead atoms. The summed E-state index contributed by atoms with van der Waals surface area (Å²) in [7, 11) is 0. The average molecular weight is 240 g/mol. The standard InChI is InChI=1S/C11H14ClN3O/c1-9(12)8-15-11(16)6-10(7-13-15)14-4-2-3-5-14/h6-7H,1-5,8H2. The first-order valence-corrected chi connectivity index (χ1v) is 5.70. The molecule has 2 heterocycles. The van der Waals surface area contributed by atoms with Gasteiger partial charge in [-0.05, 0) is 12.8 Å². The lowest BCUT2D eigenvalue weighted by Crippen LogP contribution is -2.26. The molecule has 1 aromatic rings. The molecule has 0 radical (unpaired) electrons. The minimum Gasteiger partial charge on any atom is -0.370 e. The first kappa shape index (κ1) is 11.2. The topological polar surface area (TPSA) is 38.1 Å². The number of anilines is 1. The fraction of sp³-hybridized carbons (Fsp3) is 0.455. The highest BCUT2D eigenvalue weighted by Crippen LogP contribution is 2.16. The SMILES string of the molecule is C=C(Cl)Cn1ncc(N2CCCC2)cc1=O. The van der Waals surface area contributed by atoms with Crippen LogP contribution in [0.25, 0.3) is 0 Å². The van der Waals surface area contributed by atoms with E-state index in [4.69, 9.17) is 11.6 Å². The van der Waals surface area contributed by atoms with Gasteiger partial charge in [-0.2, -0.15) is 5.10 Å². The average Bonchev–Trinajstić information content (AvgIpc) is 2.73. The van der Waals surface area contributed by atoms with Gasteiger partial charge in [-0.3, -0.25) is 4.79 Å². The highest BCUT2D eigenvalue weighted by atomic mass is 35.5. The van der Waals surface area contributed by atoms with Crippen molar-refractivity contribution in [1.29, 1.82) is 0 Å². The number of aromatic nitrogens is 2. The third kappa shape index (κ3) is 2.44. The van der Waals surface area contributed by atoms with E-state index in [1.165, 1.54) is 17.5 Å². The molecule has 1 aliphatic rings. The van der Waals surface area contributed by atoms with Gasteiger partial charge < -0.3 is 4.90 Å². The Morgan fingerprint density at radius 2 is 2.19 bits per heavy atom. The zero-order valence-electron chi connectivity index (χ0n) is 9.03. The fourth-order valence-corrected chi connectivity index (χ4v) is 1.97. The van der Waals surface area contributed by atoms with E-state index < -0.39 is 0 Å².